The van der Waals surface area contributed by atoms with E-state index in [1.807, 2.05) is 0 Å². The lowest BCUT2D eigenvalue weighted by Crippen LogP contribution is -2.39. The Bertz CT molecular complexity index is 375. The number of unbranched alkanes of at least 4 members (excludes halogenated alkanes) is 25. The third-order valence-electron chi connectivity index (χ3n) is 8.04. The van der Waals surface area contributed by atoms with Gasteiger partial charge in [-0.05, 0) is 33.2 Å². The normalized spacial score (nSPS) is 12.0. The topological polar surface area (TPSA) is 12.0 Å². The third-order valence-corrected chi connectivity index (χ3v) is 8.04. The first-order chi connectivity index (χ1) is 17.1. The van der Waals surface area contributed by atoms with Crippen molar-refractivity contribution >= 4 is 0 Å². The van der Waals surface area contributed by atoms with E-state index in [1.54, 1.807) is 0 Å². The van der Waals surface area contributed by atoms with Gasteiger partial charge in [0.25, 0.3) is 0 Å². The predicted molar refractivity (Wildman–Crippen MR) is 163 cm³/mol. The van der Waals surface area contributed by atoms with E-state index in [2.05, 4.69) is 33.0 Å². The lowest BCUT2D eigenvalue weighted by Gasteiger charge is -2.26. The molecule has 212 valence electrons. The van der Waals surface area contributed by atoms with Crippen molar-refractivity contribution in [3.8, 4) is 0 Å². The predicted octanol–water partition coefficient (Wildman–Crippen LogP) is 12.3. The molecular weight excluding hydrogens is 422 g/mol. The molecule has 0 spiro atoms. The minimum absolute atomic E-state index is 0.328. The van der Waals surface area contributed by atoms with E-state index in [1.165, 1.54) is 186 Å². The maximum atomic E-state index is 3.85. The van der Waals surface area contributed by atoms with E-state index >= 15 is 0 Å². The molecule has 0 heterocycles. The second kappa shape index (κ2) is 28.5. The van der Waals surface area contributed by atoms with Crippen LogP contribution in [-0.4, -0.2) is 12.1 Å². The van der Waals surface area contributed by atoms with Crippen molar-refractivity contribution in [2.24, 2.45) is 0 Å². The quantitative estimate of drug-likeness (QED) is 0.0980. The molecule has 0 saturated heterocycles. The lowest BCUT2D eigenvalue weighted by molar-refractivity contribution is 0.342. The van der Waals surface area contributed by atoms with Crippen molar-refractivity contribution in [2.45, 2.75) is 213 Å². The van der Waals surface area contributed by atoms with E-state index in [-0.39, 0.29) is 0 Å². The summed E-state index contributed by atoms with van der Waals surface area (Å²) in [5.74, 6) is 0. The summed E-state index contributed by atoms with van der Waals surface area (Å²) >= 11 is 0. The Morgan fingerprint density at radius 1 is 0.343 bits per heavy atom. The zero-order valence-electron chi connectivity index (χ0n) is 25.5. The summed E-state index contributed by atoms with van der Waals surface area (Å²) in [6, 6.07) is 0. The van der Waals surface area contributed by atoms with Crippen LogP contribution in [-0.2, 0) is 0 Å². The molecule has 1 N–H and O–H groups in total. The molecule has 0 amide bonds. The highest BCUT2D eigenvalue weighted by Gasteiger charge is 2.15. The summed E-state index contributed by atoms with van der Waals surface area (Å²) in [7, 11) is 0. The fourth-order valence-corrected chi connectivity index (χ4v) is 5.42. The van der Waals surface area contributed by atoms with E-state index < -0.39 is 0 Å². The molecule has 1 heteroatoms. The van der Waals surface area contributed by atoms with Gasteiger partial charge in [-0.15, -0.1) is 0 Å². The van der Waals surface area contributed by atoms with E-state index in [4.69, 9.17) is 0 Å². The van der Waals surface area contributed by atoms with E-state index in [0.29, 0.717) is 5.54 Å². The van der Waals surface area contributed by atoms with Crippen LogP contribution >= 0.6 is 0 Å². The molecule has 0 unspecified atom stereocenters. The lowest BCUT2D eigenvalue weighted by atomic mass is 9.95. The van der Waals surface area contributed by atoms with Gasteiger partial charge in [-0.25, -0.2) is 0 Å². The van der Waals surface area contributed by atoms with Crippen molar-refractivity contribution in [3.63, 3.8) is 0 Å². The van der Waals surface area contributed by atoms with Crippen LogP contribution < -0.4 is 5.32 Å². The first-order valence-electron chi connectivity index (χ1n) is 16.9. The van der Waals surface area contributed by atoms with Gasteiger partial charge in [0.05, 0.1) is 0 Å². The van der Waals surface area contributed by atoms with Crippen LogP contribution in [0, 0.1) is 0 Å². The van der Waals surface area contributed by atoms with Gasteiger partial charge in [-0.2, -0.15) is 0 Å². The smallest absolute Gasteiger partial charge is 0.0125 e. The molecule has 0 saturated carbocycles. The Labute approximate surface area is 224 Å². The number of nitrogens with one attached hydrogen (secondary N) is 1. The number of hydrogen-bond acceptors (Lipinski definition) is 1. The Kier molecular flexibility index (Phi) is 28.5. The number of rotatable bonds is 30. The first-order valence-corrected chi connectivity index (χ1v) is 16.9. The second-order valence-electron chi connectivity index (χ2n) is 12.4. The van der Waals surface area contributed by atoms with Gasteiger partial charge < -0.3 is 5.32 Å². The summed E-state index contributed by atoms with van der Waals surface area (Å²) in [6.45, 7) is 10.6. The Hall–Kier alpha value is -0.0400. The van der Waals surface area contributed by atoms with E-state index in [0.717, 1.165) is 0 Å². The molecule has 0 aliphatic heterocycles. The minimum Gasteiger partial charge on any atom is -0.312 e. The van der Waals surface area contributed by atoms with Crippen molar-refractivity contribution in [3.05, 3.63) is 0 Å². The standard InChI is InChI=1S/C34H71N/c1-5-7-9-11-13-15-17-19-21-23-25-27-29-31-33-35-34(3,4)32-30-28-26-24-22-20-18-16-14-12-10-8-6-2/h35H,5-33H2,1-4H3. The molecule has 0 aromatic heterocycles. The van der Waals surface area contributed by atoms with Gasteiger partial charge >= 0.3 is 0 Å². The summed E-state index contributed by atoms with van der Waals surface area (Å²) in [6.07, 6.45) is 40.4. The maximum absolute atomic E-state index is 3.85. The fourth-order valence-electron chi connectivity index (χ4n) is 5.42. The van der Waals surface area contributed by atoms with Crippen LogP contribution in [0.3, 0.4) is 0 Å². The van der Waals surface area contributed by atoms with Gasteiger partial charge in [-0.1, -0.05) is 181 Å². The van der Waals surface area contributed by atoms with Crippen molar-refractivity contribution in [1.29, 1.82) is 0 Å². The third kappa shape index (κ3) is 30.1. The van der Waals surface area contributed by atoms with Crippen LogP contribution in [0.4, 0.5) is 0 Å². The average Bonchev–Trinajstić information content (AvgIpc) is 2.84. The number of hydrogen-bond donors (Lipinski definition) is 1. The average molecular weight is 494 g/mol. The zero-order valence-corrected chi connectivity index (χ0v) is 25.5. The molecule has 0 rings (SSSR count). The molecule has 1 nitrogen and oxygen atoms in total. The van der Waals surface area contributed by atoms with Crippen LogP contribution in [0.2, 0.25) is 0 Å². The maximum Gasteiger partial charge on any atom is 0.0125 e. The second-order valence-corrected chi connectivity index (χ2v) is 12.4. The Morgan fingerprint density at radius 2 is 0.600 bits per heavy atom. The molecule has 0 fully saturated rings. The molecule has 0 aromatic rings. The fraction of sp³-hybridized carbons (Fsp3) is 1.00. The van der Waals surface area contributed by atoms with Crippen LogP contribution in [0.25, 0.3) is 0 Å². The molecule has 0 bridgehead atoms. The van der Waals surface area contributed by atoms with Crippen molar-refractivity contribution in [1.82, 2.24) is 5.32 Å². The molecular formula is C34H71N. The van der Waals surface area contributed by atoms with Gasteiger partial charge in [0.15, 0.2) is 0 Å². The zero-order chi connectivity index (χ0) is 25.7. The summed E-state index contributed by atoms with van der Waals surface area (Å²) in [4.78, 5) is 0. The minimum atomic E-state index is 0.328. The first kappa shape index (κ1) is 35.0. The summed E-state index contributed by atoms with van der Waals surface area (Å²) in [5.41, 5.74) is 0.328. The highest BCUT2D eigenvalue weighted by atomic mass is 14.9. The Morgan fingerprint density at radius 3 is 0.914 bits per heavy atom. The molecule has 0 aromatic carbocycles. The van der Waals surface area contributed by atoms with Gasteiger partial charge in [0.1, 0.15) is 0 Å². The van der Waals surface area contributed by atoms with Crippen LogP contribution in [0.5, 0.6) is 0 Å². The van der Waals surface area contributed by atoms with Gasteiger partial charge in [-0.3, -0.25) is 0 Å². The van der Waals surface area contributed by atoms with Crippen molar-refractivity contribution in [2.75, 3.05) is 6.54 Å². The van der Waals surface area contributed by atoms with Crippen LogP contribution in [0.15, 0.2) is 0 Å². The van der Waals surface area contributed by atoms with Crippen LogP contribution in [0.1, 0.15) is 207 Å². The van der Waals surface area contributed by atoms with Gasteiger partial charge in [0.2, 0.25) is 0 Å². The molecule has 0 aliphatic carbocycles. The van der Waals surface area contributed by atoms with Gasteiger partial charge in [0, 0.05) is 5.54 Å². The Balaban J connectivity index is 3.27. The summed E-state index contributed by atoms with van der Waals surface area (Å²) in [5, 5.41) is 3.85. The molecule has 0 radical (unpaired) electrons. The SMILES string of the molecule is CCCCCCCCCCCCCCCCNC(C)(C)CCCCCCCCCCCCCCC. The highest BCUT2D eigenvalue weighted by molar-refractivity contribution is 4.77. The highest BCUT2D eigenvalue weighted by Crippen LogP contribution is 2.17. The molecule has 0 aliphatic rings. The molecule has 0 atom stereocenters. The summed E-state index contributed by atoms with van der Waals surface area (Å²) < 4.78 is 0. The molecule has 35 heavy (non-hydrogen) atoms. The van der Waals surface area contributed by atoms with E-state index in [9.17, 15) is 0 Å². The largest absolute Gasteiger partial charge is 0.312 e. The monoisotopic (exact) mass is 494 g/mol. The van der Waals surface area contributed by atoms with Crippen molar-refractivity contribution < 1.29 is 0 Å².